The number of halogens is 2. The summed E-state index contributed by atoms with van der Waals surface area (Å²) in [6.07, 6.45) is 11.0. The molecule has 2 nitrogen and oxygen atoms in total. The van der Waals surface area contributed by atoms with Gasteiger partial charge in [-0.3, -0.25) is 12.2 Å². The van der Waals surface area contributed by atoms with Gasteiger partial charge in [0, 0.05) is 0 Å². The van der Waals surface area contributed by atoms with Gasteiger partial charge in [0.05, 0.1) is 0 Å². The molecule has 2 aromatic rings. The first kappa shape index (κ1) is 38.5. The number of rotatable bonds is 0. The van der Waals surface area contributed by atoms with Gasteiger partial charge in [0.2, 0.25) is 0 Å². The quantitative estimate of drug-likeness (QED) is 0.244. The molecule has 2 atom stereocenters. The van der Waals surface area contributed by atoms with Crippen LogP contribution in [-0.2, 0) is 23.3 Å². The van der Waals surface area contributed by atoms with Crippen LogP contribution in [0.2, 0.25) is 0 Å². The molecule has 0 saturated carbocycles. The summed E-state index contributed by atoms with van der Waals surface area (Å²) in [5, 5.41) is 17.2. The first-order valence-corrected chi connectivity index (χ1v) is 16.7. The summed E-state index contributed by atoms with van der Waals surface area (Å²) < 4.78 is 24.0. The van der Waals surface area contributed by atoms with Crippen LogP contribution in [0.25, 0.3) is 0 Å². The van der Waals surface area contributed by atoms with Crippen LogP contribution in [0.4, 0.5) is 8.78 Å². The van der Waals surface area contributed by atoms with Gasteiger partial charge in [0.25, 0.3) is 0 Å². The van der Waals surface area contributed by atoms with Gasteiger partial charge in [-0.15, -0.1) is 6.92 Å². The third-order valence-electron chi connectivity index (χ3n) is 4.76. The van der Waals surface area contributed by atoms with Crippen molar-refractivity contribution in [1.29, 1.82) is 0 Å². The summed E-state index contributed by atoms with van der Waals surface area (Å²) in [4.78, 5) is 0. The molecule has 198 valence electrons. The van der Waals surface area contributed by atoms with Crippen molar-refractivity contribution in [2.45, 2.75) is 41.5 Å². The third-order valence-corrected chi connectivity index (χ3v) is 4.76. The summed E-state index contributed by atoms with van der Waals surface area (Å²) in [7, 11) is 0. The molecule has 0 aromatic heterocycles. The number of benzene rings is 2. The fourth-order valence-electron chi connectivity index (χ4n) is 2.84. The molecule has 0 amide bonds. The molecule has 0 saturated heterocycles. The van der Waals surface area contributed by atoms with E-state index in [9.17, 15) is 8.78 Å². The Balaban J connectivity index is -0.000000387. The Morgan fingerprint density at radius 2 is 1.14 bits per heavy atom. The van der Waals surface area contributed by atoms with Crippen LogP contribution in [0.1, 0.15) is 41.5 Å². The van der Waals surface area contributed by atoms with E-state index in [1.165, 1.54) is 70.8 Å². The number of aromatic hydroxyl groups is 2. The van der Waals surface area contributed by atoms with Crippen LogP contribution in [0.15, 0.2) is 83.0 Å². The summed E-state index contributed by atoms with van der Waals surface area (Å²) in [5.41, 5.74) is 5.42. The molecule has 6 heteroatoms. The Morgan fingerprint density at radius 3 is 1.28 bits per heavy atom. The Morgan fingerprint density at radius 1 is 0.750 bits per heavy atom. The van der Waals surface area contributed by atoms with Crippen LogP contribution in [-0.4, -0.2) is 17.1 Å². The first-order valence-electron chi connectivity index (χ1n) is 10.8. The Bertz CT molecular complexity index is 891. The van der Waals surface area contributed by atoms with Gasteiger partial charge >= 0.3 is 30.2 Å². The minimum atomic E-state index is -0.331. The summed E-state index contributed by atoms with van der Waals surface area (Å²) in [5.74, 6) is 0.633. The molecule has 2 N–H and O–H groups in total. The Hall–Kier alpha value is -2.04. The second-order valence-corrected chi connectivity index (χ2v) is 7.80. The second-order valence-electron chi connectivity index (χ2n) is 7.80. The van der Waals surface area contributed by atoms with Crippen LogP contribution in [0.5, 0.6) is 11.5 Å². The number of hydrogen-bond acceptors (Lipinski definition) is 2. The number of phenols is 2. The average Bonchev–Trinajstić information content (AvgIpc) is 3.26. The first-order chi connectivity index (χ1) is 16.0. The molecule has 0 aliphatic heterocycles. The minimum absolute atomic E-state index is 0. The van der Waals surface area contributed by atoms with E-state index in [2.05, 4.69) is 65.8 Å². The predicted octanol–water partition coefficient (Wildman–Crippen LogP) is 7.71. The molecule has 0 heterocycles. The molecule has 2 unspecified atom stereocenters. The maximum absolute atomic E-state index is 12.0. The zero-order valence-electron chi connectivity index (χ0n) is 22.8. The maximum atomic E-state index is 12.0. The van der Waals surface area contributed by atoms with Crippen molar-refractivity contribution in [3.63, 3.8) is 0 Å². The van der Waals surface area contributed by atoms with Crippen LogP contribution < -0.4 is 0 Å². The van der Waals surface area contributed by atoms with Gasteiger partial charge in [-0.25, -0.2) is 31.6 Å². The van der Waals surface area contributed by atoms with Gasteiger partial charge in [-0.2, -0.15) is 11.6 Å². The van der Waals surface area contributed by atoms with Crippen molar-refractivity contribution in [3.05, 3.63) is 122 Å². The van der Waals surface area contributed by atoms with Crippen LogP contribution in [0, 0.1) is 50.5 Å². The number of allylic oxidation sites excluding steroid dienone is 8. The average molecular weight is 590 g/mol. The van der Waals surface area contributed by atoms with Gasteiger partial charge in [-0.1, -0.05) is 46.5 Å². The monoisotopic (exact) mass is 588 g/mol. The molecular weight excluding hydrogens is 550 g/mol. The summed E-state index contributed by atoms with van der Waals surface area (Å²) in [6.45, 7) is 14.7. The molecule has 2 aromatic carbocycles. The van der Waals surface area contributed by atoms with Crippen molar-refractivity contribution >= 4 is 6.88 Å². The van der Waals surface area contributed by atoms with Crippen molar-refractivity contribution in [3.8, 4) is 11.5 Å². The second kappa shape index (κ2) is 21.1. The zero-order chi connectivity index (χ0) is 26.3. The van der Waals surface area contributed by atoms with Crippen molar-refractivity contribution < 1.29 is 42.3 Å². The standard InChI is InChI=1S/2C8H11.2C6H5FO.2CH3.H2Si.Zr/c2*1-6-4-7(2)8(3)5-6;2*7-5-1-3-6(8)4-2-5;;;;/h4,8H,1-3H3;4,6H,1-3H3;2*1-4,8H;2*1H3;1H2;/q2*-1;;;2*-1;;. The summed E-state index contributed by atoms with van der Waals surface area (Å²) >= 11 is 1.58. The van der Waals surface area contributed by atoms with Crippen molar-refractivity contribution in [2.75, 3.05) is 0 Å². The zero-order valence-corrected chi connectivity index (χ0v) is 26.7. The topological polar surface area (TPSA) is 40.5 Å². The molecule has 2 aliphatic rings. The van der Waals surface area contributed by atoms with E-state index >= 15 is 0 Å². The van der Waals surface area contributed by atoms with E-state index in [0.717, 1.165) is 0 Å². The molecular formula is C30H40F2O2SiZr-4. The van der Waals surface area contributed by atoms with Gasteiger partial charge in [-0.05, 0) is 48.5 Å². The van der Waals surface area contributed by atoms with Crippen LogP contribution in [0.3, 0.4) is 0 Å². The van der Waals surface area contributed by atoms with Gasteiger partial charge in [0.15, 0.2) is 0 Å². The predicted molar refractivity (Wildman–Crippen MR) is 148 cm³/mol. The van der Waals surface area contributed by atoms with Gasteiger partial charge < -0.3 is 25.1 Å². The van der Waals surface area contributed by atoms with Gasteiger partial charge in [0.1, 0.15) is 23.1 Å². The van der Waals surface area contributed by atoms with Crippen molar-refractivity contribution in [2.24, 2.45) is 11.8 Å². The van der Waals surface area contributed by atoms with E-state index in [1.807, 2.05) is 6.88 Å². The van der Waals surface area contributed by atoms with E-state index in [4.69, 9.17) is 10.2 Å². The molecule has 36 heavy (non-hydrogen) atoms. The Kier molecular flexibility index (Phi) is 22.5. The number of hydrogen-bond donors (Lipinski definition) is 2. The SMILES string of the molecule is CC1=[C-]C(C)C(C)=C1.CC1=[C-]C(C)C=C1C.Oc1ccc(F)cc1.Oc1ccc(F)cc1.[CH3-].[CH3-].[SiH2]=[Zr]. The molecule has 4 rings (SSSR count). The van der Waals surface area contributed by atoms with Crippen LogP contribution >= 0.6 is 0 Å². The summed E-state index contributed by atoms with van der Waals surface area (Å²) in [6, 6.07) is 10.0. The fraction of sp³-hybridized carbons (Fsp3) is 0.267. The van der Waals surface area contributed by atoms with Crippen molar-refractivity contribution in [1.82, 2.24) is 0 Å². The van der Waals surface area contributed by atoms with E-state index < -0.39 is 0 Å². The Labute approximate surface area is 234 Å². The molecule has 0 spiro atoms. The van der Waals surface area contributed by atoms with E-state index in [0.29, 0.717) is 11.8 Å². The normalized spacial score (nSPS) is 16.4. The van der Waals surface area contributed by atoms with E-state index in [-0.39, 0.29) is 38.0 Å². The molecule has 0 radical (unpaired) electrons. The number of phenolic OH excluding ortho intramolecular Hbond substituents is 2. The fourth-order valence-corrected chi connectivity index (χ4v) is 2.84. The molecule has 0 bridgehead atoms. The molecule has 0 fully saturated rings. The van der Waals surface area contributed by atoms with E-state index in [1.54, 1.807) is 23.3 Å². The molecule has 2 aliphatic carbocycles. The third kappa shape index (κ3) is 17.4.